The monoisotopic (exact) mass is 254 g/mol. The van der Waals surface area contributed by atoms with Gasteiger partial charge in [-0.25, -0.2) is 4.79 Å². The third-order valence-corrected chi connectivity index (χ3v) is 2.77. The SMILES string of the molecule is CCOC(=O)/C(N)=C1\C=C(NCCCO)CCC1. The molecule has 0 heterocycles. The lowest BCUT2D eigenvalue weighted by molar-refractivity contribution is -0.138. The number of esters is 1. The number of rotatable bonds is 6. The minimum Gasteiger partial charge on any atom is -0.461 e. The van der Waals surface area contributed by atoms with Gasteiger partial charge in [-0.05, 0) is 44.3 Å². The summed E-state index contributed by atoms with van der Waals surface area (Å²) in [7, 11) is 0. The van der Waals surface area contributed by atoms with Gasteiger partial charge in [0, 0.05) is 18.8 Å². The zero-order chi connectivity index (χ0) is 13.4. The molecule has 5 nitrogen and oxygen atoms in total. The lowest BCUT2D eigenvalue weighted by Gasteiger charge is -2.18. The summed E-state index contributed by atoms with van der Waals surface area (Å²) in [6, 6.07) is 0. The Morgan fingerprint density at radius 3 is 3.00 bits per heavy atom. The number of hydrogen-bond donors (Lipinski definition) is 3. The van der Waals surface area contributed by atoms with Gasteiger partial charge in [-0.2, -0.15) is 0 Å². The van der Waals surface area contributed by atoms with Crippen molar-refractivity contribution in [1.82, 2.24) is 5.32 Å². The smallest absolute Gasteiger partial charge is 0.354 e. The van der Waals surface area contributed by atoms with E-state index < -0.39 is 5.97 Å². The van der Waals surface area contributed by atoms with Gasteiger partial charge in [-0.3, -0.25) is 0 Å². The molecule has 1 rings (SSSR count). The topological polar surface area (TPSA) is 84.6 Å². The number of carbonyl (C=O) groups excluding carboxylic acids is 1. The predicted octanol–water partition coefficient (Wildman–Crippen LogP) is 0.802. The van der Waals surface area contributed by atoms with Gasteiger partial charge in [0.2, 0.25) is 0 Å². The summed E-state index contributed by atoms with van der Waals surface area (Å²) < 4.78 is 4.89. The van der Waals surface area contributed by atoms with E-state index in [1.54, 1.807) is 6.92 Å². The molecule has 0 aromatic carbocycles. The number of ether oxygens (including phenoxy) is 1. The van der Waals surface area contributed by atoms with E-state index in [9.17, 15) is 4.79 Å². The molecule has 4 N–H and O–H groups in total. The highest BCUT2D eigenvalue weighted by Crippen LogP contribution is 2.22. The fourth-order valence-corrected chi connectivity index (χ4v) is 1.84. The Bertz CT molecular complexity index is 348. The Labute approximate surface area is 108 Å². The Hall–Kier alpha value is -1.49. The fourth-order valence-electron chi connectivity index (χ4n) is 1.84. The number of nitrogens with two attached hydrogens (primary N) is 1. The quantitative estimate of drug-likeness (QED) is 0.371. The molecule has 1 aliphatic rings. The second kappa shape index (κ2) is 7.76. The van der Waals surface area contributed by atoms with E-state index in [0.29, 0.717) is 13.0 Å². The maximum atomic E-state index is 11.5. The van der Waals surface area contributed by atoms with Crippen molar-refractivity contribution in [3.8, 4) is 0 Å². The summed E-state index contributed by atoms with van der Waals surface area (Å²) in [5.74, 6) is -0.444. The first-order valence-corrected chi connectivity index (χ1v) is 6.40. The van der Waals surface area contributed by atoms with Gasteiger partial charge in [0.1, 0.15) is 5.70 Å². The van der Waals surface area contributed by atoms with Crippen molar-refractivity contribution in [3.63, 3.8) is 0 Å². The second-order valence-corrected chi connectivity index (χ2v) is 4.19. The summed E-state index contributed by atoms with van der Waals surface area (Å²) in [4.78, 5) is 11.5. The number of carbonyl (C=O) groups is 1. The normalized spacial score (nSPS) is 18.0. The van der Waals surface area contributed by atoms with Crippen LogP contribution in [0.4, 0.5) is 0 Å². The van der Waals surface area contributed by atoms with Gasteiger partial charge in [0.25, 0.3) is 0 Å². The zero-order valence-corrected chi connectivity index (χ0v) is 10.9. The molecule has 18 heavy (non-hydrogen) atoms. The van der Waals surface area contributed by atoms with E-state index in [1.807, 2.05) is 6.08 Å². The molecule has 0 unspecified atom stereocenters. The van der Waals surface area contributed by atoms with Crippen LogP contribution in [0.2, 0.25) is 0 Å². The van der Waals surface area contributed by atoms with Crippen LogP contribution in [0.25, 0.3) is 0 Å². The maximum absolute atomic E-state index is 11.5. The largest absolute Gasteiger partial charge is 0.461 e. The first-order valence-electron chi connectivity index (χ1n) is 6.40. The third-order valence-electron chi connectivity index (χ3n) is 2.77. The molecular formula is C13H22N2O3. The van der Waals surface area contributed by atoms with Crippen LogP contribution in [-0.2, 0) is 9.53 Å². The van der Waals surface area contributed by atoms with E-state index in [1.165, 1.54) is 0 Å². The van der Waals surface area contributed by atoms with Crippen LogP contribution >= 0.6 is 0 Å². The molecule has 0 atom stereocenters. The zero-order valence-electron chi connectivity index (χ0n) is 10.9. The molecule has 0 saturated carbocycles. The molecule has 102 valence electrons. The molecule has 0 aliphatic heterocycles. The number of aliphatic hydroxyl groups excluding tert-OH is 1. The molecular weight excluding hydrogens is 232 g/mol. The van der Waals surface area contributed by atoms with Gasteiger partial charge in [0.15, 0.2) is 0 Å². The highest BCUT2D eigenvalue weighted by atomic mass is 16.5. The Morgan fingerprint density at radius 2 is 2.33 bits per heavy atom. The van der Waals surface area contributed by atoms with Crippen molar-refractivity contribution < 1.29 is 14.6 Å². The van der Waals surface area contributed by atoms with Crippen LogP contribution < -0.4 is 11.1 Å². The summed E-state index contributed by atoms with van der Waals surface area (Å²) in [5.41, 5.74) is 7.90. The van der Waals surface area contributed by atoms with Crippen molar-refractivity contribution >= 4 is 5.97 Å². The molecule has 0 aromatic rings. The Morgan fingerprint density at radius 1 is 1.56 bits per heavy atom. The van der Waals surface area contributed by atoms with E-state index in [0.717, 1.165) is 37.1 Å². The van der Waals surface area contributed by atoms with E-state index in [2.05, 4.69) is 5.32 Å². The number of allylic oxidation sites excluding steroid dienone is 3. The first-order chi connectivity index (χ1) is 8.69. The Balaban J connectivity index is 2.67. The average molecular weight is 254 g/mol. The lowest BCUT2D eigenvalue weighted by atomic mass is 9.97. The van der Waals surface area contributed by atoms with Crippen molar-refractivity contribution in [2.45, 2.75) is 32.6 Å². The highest BCUT2D eigenvalue weighted by Gasteiger charge is 2.15. The van der Waals surface area contributed by atoms with Crippen LogP contribution in [0.1, 0.15) is 32.6 Å². The van der Waals surface area contributed by atoms with Gasteiger partial charge in [0.05, 0.1) is 6.61 Å². The minimum absolute atomic E-state index is 0.175. The fraction of sp³-hybridized carbons (Fsp3) is 0.615. The Kier molecular flexibility index (Phi) is 6.28. The highest BCUT2D eigenvalue weighted by molar-refractivity contribution is 5.88. The summed E-state index contributed by atoms with van der Waals surface area (Å²) in [5, 5.41) is 12.0. The molecule has 0 spiro atoms. The van der Waals surface area contributed by atoms with E-state index in [4.69, 9.17) is 15.6 Å². The van der Waals surface area contributed by atoms with Crippen LogP contribution in [0.15, 0.2) is 23.0 Å². The van der Waals surface area contributed by atoms with Crippen LogP contribution in [-0.4, -0.2) is 30.8 Å². The maximum Gasteiger partial charge on any atom is 0.354 e. The molecule has 1 aliphatic carbocycles. The predicted molar refractivity (Wildman–Crippen MR) is 69.5 cm³/mol. The van der Waals surface area contributed by atoms with Gasteiger partial charge in [-0.15, -0.1) is 0 Å². The second-order valence-electron chi connectivity index (χ2n) is 4.19. The number of aliphatic hydroxyl groups is 1. The van der Waals surface area contributed by atoms with Crippen molar-refractivity contribution in [1.29, 1.82) is 0 Å². The third kappa shape index (κ3) is 4.41. The van der Waals surface area contributed by atoms with Crippen molar-refractivity contribution in [2.75, 3.05) is 19.8 Å². The summed E-state index contributed by atoms with van der Waals surface area (Å²) >= 11 is 0. The van der Waals surface area contributed by atoms with Crippen LogP contribution in [0.3, 0.4) is 0 Å². The molecule has 0 amide bonds. The molecule has 0 radical (unpaired) electrons. The molecule has 0 aromatic heterocycles. The molecule has 5 heteroatoms. The van der Waals surface area contributed by atoms with Crippen LogP contribution in [0.5, 0.6) is 0 Å². The summed E-state index contributed by atoms with van der Waals surface area (Å²) in [6.45, 7) is 3.00. The van der Waals surface area contributed by atoms with Gasteiger partial charge in [-0.1, -0.05) is 0 Å². The number of nitrogens with one attached hydrogen (secondary N) is 1. The lowest BCUT2D eigenvalue weighted by Crippen LogP contribution is -2.21. The molecule has 0 saturated heterocycles. The van der Waals surface area contributed by atoms with Crippen molar-refractivity contribution in [3.05, 3.63) is 23.0 Å². The minimum atomic E-state index is -0.444. The molecule has 0 bridgehead atoms. The summed E-state index contributed by atoms with van der Waals surface area (Å²) in [6.07, 6.45) is 5.35. The number of hydrogen-bond acceptors (Lipinski definition) is 5. The first kappa shape index (κ1) is 14.6. The van der Waals surface area contributed by atoms with Crippen LogP contribution in [0, 0.1) is 0 Å². The molecule has 0 fully saturated rings. The average Bonchev–Trinajstić information content (AvgIpc) is 2.39. The standard InChI is InChI=1S/C13H22N2O3/c1-2-18-13(17)12(14)10-5-3-6-11(9-10)15-7-4-8-16/h9,15-16H,2-8,14H2,1H3/b12-10+. The van der Waals surface area contributed by atoms with Gasteiger partial charge < -0.3 is 20.9 Å². The van der Waals surface area contributed by atoms with Crippen molar-refractivity contribution in [2.24, 2.45) is 5.73 Å². The van der Waals surface area contributed by atoms with Gasteiger partial charge >= 0.3 is 5.97 Å². The van der Waals surface area contributed by atoms with E-state index >= 15 is 0 Å². The van der Waals surface area contributed by atoms with E-state index in [-0.39, 0.29) is 12.3 Å².